The molecule has 3 aromatic rings. The first-order valence-corrected chi connectivity index (χ1v) is 9.04. The Morgan fingerprint density at radius 2 is 1.71 bits per heavy atom. The van der Waals surface area contributed by atoms with Crippen molar-refractivity contribution in [3.63, 3.8) is 0 Å². The summed E-state index contributed by atoms with van der Waals surface area (Å²) in [5.41, 5.74) is 1.22. The van der Waals surface area contributed by atoms with E-state index in [4.69, 9.17) is 4.42 Å². The monoisotopic (exact) mass is 380 g/mol. The van der Waals surface area contributed by atoms with Gasteiger partial charge in [0.05, 0.1) is 5.39 Å². The number of phenols is 2. The molecule has 2 heterocycles. The molecular formula is C21H20N2O5. The molecular weight excluding hydrogens is 360 g/mol. The van der Waals surface area contributed by atoms with Crippen LogP contribution in [-0.4, -0.2) is 47.2 Å². The topological polar surface area (TPSA) is 94.2 Å². The van der Waals surface area contributed by atoms with Gasteiger partial charge >= 0.3 is 5.63 Å². The lowest BCUT2D eigenvalue weighted by Gasteiger charge is -2.36. The number of hydrogen-bond donors (Lipinski definition) is 2. The molecule has 1 amide bonds. The smallest absolute Gasteiger partial charge is 0.360 e. The summed E-state index contributed by atoms with van der Waals surface area (Å²) in [6.07, 6.45) is 0. The zero-order chi connectivity index (χ0) is 19.8. The second kappa shape index (κ2) is 6.92. The van der Waals surface area contributed by atoms with E-state index in [0.717, 1.165) is 0 Å². The summed E-state index contributed by atoms with van der Waals surface area (Å²) >= 11 is 0. The zero-order valence-electron chi connectivity index (χ0n) is 15.4. The van der Waals surface area contributed by atoms with E-state index in [1.165, 1.54) is 12.1 Å². The number of piperazine rings is 1. The molecule has 0 unspecified atom stereocenters. The van der Waals surface area contributed by atoms with E-state index in [1.807, 2.05) is 23.1 Å². The van der Waals surface area contributed by atoms with Crippen molar-refractivity contribution in [3.8, 4) is 11.5 Å². The standard InChI is InChI=1S/C21H20N2O5/c1-13-18-16(25)11-15(24)12-17(18)28-21(27)19(13)22-7-9-23(10-8-22)20(26)14-5-3-2-4-6-14/h2-6,11-12,24-25H,7-10H2,1H3. The van der Waals surface area contributed by atoms with Gasteiger partial charge < -0.3 is 24.4 Å². The van der Waals surface area contributed by atoms with Gasteiger partial charge in [-0.05, 0) is 24.6 Å². The molecule has 144 valence electrons. The van der Waals surface area contributed by atoms with Crippen LogP contribution in [0.5, 0.6) is 11.5 Å². The van der Waals surface area contributed by atoms with Crippen LogP contribution in [0.15, 0.2) is 51.7 Å². The van der Waals surface area contributed by atoms with Gasteiger partial charge in [0.15, 0.2) is 0 Å². The minimum absolute atomic E-state index is 0.0318. The van der Waals surface area contributed by atoms with Crippen molar-refractivity contribution in [2.24, 2.45) is 0 Å². The Morgan fingerprint density at radius 3 is 2.39 bits per heavy atom. The Labute approximate surface area is 161 Å². The Bertz CT molecular complexity index is 1100. The van der Waals surface area contributed by atoms with Gasteiger partial charge in [-0.3, -0.25) is 4.79 Å². The molecule has 0 spiro atoms. The summed E-state index contributed by atoms with van der Waals surface area (Å²) in [6, 6.07) is 11.6. The maximum Gasteiger partial charge on any atom is 0.360 e. The predicted octanol–water partition coefficient (Wildman–Crippen LogP) is 2.48. The lowest BCUT2D eigenvalue weighted by molar-refractivity contribution is 0.0746. The van der Waals surface area contributed by atoms with Crippen molar-refractivity contribution in [2.75, 3.05) is 31.1 Å². The highest BCUT2D eigenvalue weighted by Crippen LogP contribution is 2.35. The third-order valence-electron chi connectivity index (χ3n) is 5.10. The number of benzene rings is 2. The van der Waals surface area contributed by atoms with Crippen molar-refractivity contribution in [1.82, 2.24) is 4.90 Å². The molecule has 0 bridgehead atoms. The highest BCUT2D eigenvalue weighted by atomic mass is 16.4. The lowest BCUT2D eigenvalue weighted by Crippen LogP contribution is -2.50. The second-order valence-electron chi connectivity index (χ2n) is 6.85. The maximum atomic E-state index is 12.6. The largest absolute Gasteiger partial charge is 0.508 e. The fraction of sp³-hybridized carbons (Fsp3) is 0.238. The Balaban J connectivity index is 1.61. The van der Waals surface area contributed by atoms with Crippen molar-refractivity contribution >= 4 is 22.6 Å². The normalized spacial score (nSPS) is 14.5. The number of hydrogen-bond acceptors (Lipinski definition) is 6. The third-order valence-corrected chi connectivity index (χ3v) is 5.10. The number of amides is 1. The van der Waals surface area contributed by atoms with E-state index in [1.54, 1.807) is 24.0 Å². The van der Waals surface area contributed by atoms with Gasteiger partial charge in [0, 0.05) is 43.9 Å². The van der Waals surface area contributed by atoms with E-state index in [0.29, 0.717) is 48.4 Å². The SMILES string of the molecule is Cc1c(N2CCN(C(=O)c3ccccc3)CC2)c(=O)oc2cc(O)cc(O)c12. The van der Waals surface area contributed by atoms with Gasteiger partial charge in [-0.15, -0.1) is 0 Å². The third kappa shape index (κ3) is 3.05. The molecule has 1 aromatic heterocycles. The lowest BCUT2D eigenvalue weighted by atomic mass is 10.1. The van der Waals surface area contributed by atoms with Crippen molar-refractivity contribution in [2.45, 2.75) is 6.92 Å². The number of rotatable bonds is 2. The van der Waals surface area contributed by atoms with Crippen LogP contribution in [0.2, 0.25) is 0 Å². The highest BCUT2D eigenvalue weighted by molar-refractivity contribution is 5.94. The van der Waals surface area contributed by atoms with Gasteiger partial charge in [-0.2, -0.15) is 0 Å². The minimum atomic E-state index is -0.530. The molecule has 2 N–H and O–H groups in total. The summed E-state index contributed by atoms with van der Waals surface area (Å²) in [5.74, 6) is -0.348. The summed E-state index contributed by atoms with van der Waals surface area (Å²) < 4.78 is 5.33. The number of fused-ring (bicyclic) bond motifs is 1. The number of nitrogens with zero attached hydrogens (tertiary/aromatic N) is 2. The number of carbonyl (C=O) groups excluding carboxylic acids is 1. The molecule has 4 rings (SSSR count). The average Bonchev–Trinajstić information content (AvgIpc) is 2.68. The number of carbonyl (C=O) groups is 1. The number of aromatic hydroxyl groups is 2. The van der Waals surface area contributed by atoms with E-state index < -0.39 is 5.63 Å². The molecule has 1 aliphatic heterocycles. The van der Waals surface area contributed by atoms with Gasteiger partial charge in [0.1, 0.15) is 22.8 Å². The number of anilines is 1. The first-order chi connectivity index (χ1) is 13.5. The molecule has 7 heteroatoms. The van der Waals surface area contributed by atoms with Crippen LogP contribution < -0.4 is 10.5 Å². The van der Waals surface area contributed by atoms with Crippen LogP contribution in [-0.2, 0) is 0 Å². The highest BCUT2D eigenvalue weighted by Gasteiger charge is 2.26. The van der Waals surface area contributed by atoms with Crippen LogP contribution in [0.3, 0.4) is 0 Å². The van der Waals surface area contributed by atoms with E-state index in [-0.39, 0.29) is 23.0 Å². The number of phenolic OH excluding ortho intramolecular Hbond substituents is 2. The summed E-state index contributed by atoms with van der Waals surface area (Å²) in [5, 5.41) is 20.2. The molecule has 2 aromatic carbocycles. The molecule has 0 atom stereocenters. The fourth-order valence-electron chi connectivity index (χ4n) is 3.73. The van der Waals surface area contributed by atoms with Crippen LogP contribution in [0.1, 0.15) is 15.9 Å². The van der Waals surface area contributed by atoms with Gasteiger partial charge in [-0.25, -0.2) is 4.79 Å². The van der Waals surface area contributed by atoms with Gasteiger partial charge in [-0.1, -0.05) is 18.2 Å². The Kier molecular flexibility index (Phi) is 4.43. The summed E-state index contributed by atoms with van der Waals surface area (Å²) in [6.45, 7) is 3.66. The second-order valence-corrected chi connectivity index (χ2v) is 6.85. The van der Waals surface area contributed by atoms with Gasteiger partial charge in [0.25, 0.3) is 5.91 Å². The number of aryl methyl sites for hydroxylation is 1. The van der Waals surface area contributed by atoms with Crippen molar-refractivity contribution in [3.05, 3.63) is 64.0 Å². The molecule has 1 saturated heterocycles. The van der Waals surface area contributed by atoms with E-state index >= 15 is 0 Å². The molecule has 0 saturated carbocycles. The van der Waals surface area contributed by atoms with Crippen LogP contribution in [0, 0.1) is 6.92 Å². The first kappa shape index (κ1) is 17.9. The average molecular weight is 380 g/mol. The first-order valence-electron chi connectivity index (χ1n) is 9.04. The van der Waals surface area contributed by atoms with Crippen LogP contribution in [0.4, 0.5) is 5.69 Å². The molecule has 1 fully saturated rings. The van der Waals surface area contributed by atoms with E-state index in [9.17, 15) is 19.8 Å². The molecule has 0 radical (unpaired) electrons. The molecule has 1 aliphatic rings. The Morgan fingerprint density at radius 1 is 1.04 bits per heavy atom. The van der Waals surface area contributed by atoms with Crippen molar-refractivity contribution in [1.29, 1.82) is 0 Å². The fourth-order valence-corrected chi connectivity index (χ4v) is 3.73. The summed E-state index contributed by atoms with van der Waals surface area (Å²) in [4.78, 5) is 28.8. The predicted molar refractivity (Wildman–Crippen MR) is 105 cm³/mol. The molecule has 7 nitrogen and oxygen atoms in total. The van der Waals surface area contributed by atoms with Crippen LogP contribution in [0.25, 0.3) is 11.0 Å². The summed E-state index contributed by atoms with van der Waals surface area (Å²) in [7, 11) is 0. The van der Waals surface area contributed by atoms with Gasteiger partial charge in [0.2, 0.25) is 0 Å². The molecule has 0 aliphatic carbocycles. The van der Waals surface area contributed by atoms with Crippen molar-refractivity contribution < 1.29 is 19.4 Å². The zero-order valence-corrected chi connectivity index (χ0v) is 15.4. The quantitative estimate of drug-likeness (QED) is 0.664. The maximum absolute atomic E-state index is 12.6. The minimum Gasteiger partial charge on any atom is -0.508 e. The van der Waals surface area contributed by atoms with Crippen LogP contribution >= 0.6 is 0 Å². The Hall–Kier alpha value is -3.48. The molecule has 28 heavy (non-hydrogen) atoms. The van der Waals surface area contributed by atoms with E-state index in [2.05, 4.69) is 0 Å².